The van der Waals surface area contributed by atoms with Gasteiger partial charge >= 0.3 is 0 Å². The lowest BCUT2D eigenvalue weighted by Crippen LogP contribution is -1.92. The summed E-state index contributed by atoms with van der Waals surface area (Å²) in [5.74, 6) is 1.64. The van der Waals surface area contributed by atoms with Crippen LogP contribution < -0.4 is 9.47 Å². The van der Waals surface area contributed by atoms with Crippen molar-refractivity contribution >= 4 is 6.08 Å². The van der Waals surface area contributed by atoms with E-state index >= 15 is 0 Å². The van der Waals surface area contributed by atoms with Crippen molar-refractivity contribution in [3.63, 3.8) is 0 Å². The summed E-state index contributed by atoms with van der Waals surface area (Å²) in [4.78, 5) is 6.98. The fourth-order valence-corrected chi connectivity index (χ4v) is 1.69. The maximum atomic E-state index is 5.34. The molecule has 1 aromatic carbocycles. The van der Waals surface area contributed by atoms with Crippen molar-refractivity contribution in [2.75, 3.05) is 14.2 Å². The molecule has 18 heavy (non-hydrogen) atoms. The largest absolute Gasteiger partial charge is 0.497 e. The summed E-state index contributed by atoms with van der Waals surface area (Å²) < 4.78 is 10.5. The molecule has 4 nitrogen and oxygen atoms in total. The predicted octanol–water partition coefficient (Wildman–Crippen LogP) is 2.68. The molecule has 1 heterocycles. The van der Waals surface area contributed by atoms with E-state index in [-0.39, 0.29) is 0 Å². The van der Waals surface area contributed by atoms with Crippen LogP contribution in [0, 0.1) is 0 Å². The molecule has 4 heteroatoms. The molecular weight excluding hydrogens is 228 g/mol. The van der Waals surface area contributed by atoms with E-state index in [1.165, 1.54) is 0 Å². The number of hydrogen-bond donors (Lipinski definition) is 1. The zero-order valence-corrected chi connectivity index (χ0v) is 10.5. The summed E-state index contributed by atoms with van der Waals surface area (Å²) in [7, 11) is 3.31. The molecule has 0 bridgehead atoms. The van der Waals surface area contributed by atoms with Crippen molar-refractivity contribution in [2.24, 2.45) is 0 Å². The van der Waals surface area contributed by atoms with E-state index in [0.29, 0.717) is 0 Å². The van der Waals surface area contributed by atoms with Gasteiger partial charge in [-0.3, -0.25) is 0 Å². The number of nitrogens with one attached hydrogen (secondary N) is 1. The SMILES string of the molecule is COc1ccc(C/C=C/c2cnc[nH]2)c(OC)c1. The summed E-state index contributed by atoms with van der Waals surface area (Å²) in [6.45, 7) is 0. The smallest absolute Gasteiger partial charge is 0.126 e. The zero-order chi connectivity index (χ0) is 12.8. The lowest BCUT2D eigenvalue weighted by molar-refractivity contribution is 0.391. The van der Waals surface area contributed by atoms with Gasteiger partial charge in [0.05, 0.1) is 32.4 Å². The van der Waals surface area contributed by atoms with Crippen molar-refractivity contribution in [3.8, 4) is 11.5 Å². The molecule has 0 atom stereocenters. The molecule has 0 aliphatic heterocycles. The van der Waals surface area contributed by atoms with Crippen LogP contribution >= 0.6 is 0 Å². The van der Waals surface area contributed by atoms with Crippen LogP contribution in [0.2, 0.25) is 0 Å². The van der Waals surface area contributed by atoms with E-state index < -0.39 is 0 Å². The van der Waals surface area contributed by atoms with E-state index in [4.69, 9.17) is 9.47 Å². The highest BCUT2D eigenvalue weighted by atomic mass is 16.5. The van der Waals surface area contributed by atoms with Gasteiger partial charge in [-0.1, -0.05) is 12.1 Å². The first-order valence-electron chi connectivity index (χ1n) is 5.69. The third kappa shape index (κ3) is 2.91. The number of aromatic amines is 1. The molecule has 1 aromatic heterocycles. The topological polar surface area (TPSA) is 47.1 Å². The predicted molar refractivity (Wildman–Crippen MR) is 70.9 cm³/mol. The first-order chi connectivity index (χ1) is 8.83. The Hall–Kier alpha value is -2.23. The standard InChI is InChI=1S/C14H16N2O2/c1-17-13-7-6-11(14(8-13)18-2)4-3-5-12-9-15-10-16-12/h3,5-10H,4H2,1-2H3,(H,15,16)/b5-3+. The lowest BCUT2D eigenvalue weighted by atomic mass is 10.1. The molecule has 0 saturated carbocycles. The second kappa shape index (κ2) is 5.91. The Bertz CT molecular complexity index is 519. The second-order valence-corrected chi connectivity index (χ2v) is 3.79. The number of imidazole rings is 1. The Balaban J connectivity index is 2.09. The number of aromatic nitrogens is 2. The highest BCUT2D eigenvalue weighted by Crippen LogP contribution is 2.25. The van der Waals surface area contributed by atoms with Crippen molar-refractivity contribution in [1.82, 2.24) is 9.97 Å². The van der Waals surface area contributed by atoms with E-state index in [9.17, 15) is 0 Å². The van der Waals surface area contributed by atoms with E-state index in [1.54, 1.807) is 26.7 Å². The number of H-pyrrole nitrogens is 1. The van der Waals surface area contributed by atoms with Crippen LogP contribution in [-0.2, 0) is 6.42 Å². The Labute approximate surface area is 106 Å². The number of rotatable bonds is 5. The van der Waals surface area contributed by atoms with Crippen LogP contribution in [0.3, 0.4) is 0 Å². The summed E-state index contributed by atoms with van der Waals surface area (Å²) in [6, 6.07) is 5.83. The molecule has 0 spiro atoms. The van der Waals surface area contributed by atoms with E-state index in [1.807, 2.05) is 24.3 Å². The van der Waals surface area contributed by atoms with E-state index in [0.717, 1.165) is 29.2 Å². The average Bonchev–Trinajstić information content (AvgIpc) is 2.92. The van der Waals surface area contributed by atoms with Crippen molar-refractivity contribution in [3.05, 3.63) is 48.1 Å². The van der Waals surface area contributed by atoms with Gasteiger partial charge in [0.2, 0.25) is 0 Å². The maximum Gasteiger partial charge on any atom is 0.126 e. The minimum atomic E-state index is 0.798. The number of ether oxygens (including phenoxy) is 2. The quantitative estimate of drug-likeness (QED) is 0.879. The third-order valence-corrected chi connectivity index (χ3v) is 2.65. The Morgan fingerprint density at radius 1 is 1.28 bits per heavy atom. The van der Waals surface area contributed by atoms with Crippen LogP contribution in [-0.4, -0.2) is 24.2 Å². The maximum absolute atomic E-state index is 5.34. The minimum absolute atomic E-state index is 0.798. The fourth-order valence-electron chi connectivity index (χ4n) is 1.69. The van der Waals surface area contributed by atoms with Crippen molar-refractivity contribution in [2.45, 2.75) is 6.42 Å². The molecule has 2 aromatic rings. The van der Waals surface area contributed by atoms with Gasteiger partial charge in [0.1, 0.15) is 11.5 Å². The third-order valence-electron chi connectivity index (χ3n) is 2.65. The van der Waals surface area contributed by atoms with Gasteiger partial charge in [0.25, 0.3) is 0 Å². The van der Waals surface area contributed by atoms with Crippen molar-refractivity contribution < 1.29 is 9.47 Å². The van der Waals surface area contributed by atoms with Crippen LogP contribution in [0.15, 0.2) is 36.8 Å². The fraction of sp³-hybridized carbons (Fsp3) is 0.214. The molecule has 0 aliphatic rings. The molecular formula is C14H16N2O2. The number of benzene rings is 1. The lowest BCUT2D eigenvalue weighted by Gasteiger charge is -2.08. The minimum Gasteiger partial charge on any atom is -0.497 e. The van der Waals surface area contributed by atoms with Crippen LogP contribution in [0.4, 0.5) is 0 Å². The van der Waals surface area contributed by atoms with E-state index in [2.05, 4.69) is 16.0 Å². The summed E-state index contributed by atoms with van der Waals surface area (Å²) >= 11 is 0. The highest BCUT2D eigenvalue weighted by molar-refractivity contribution is 5.46. The van der Waals surface area contributed by atoms with Gasteiger partial charge in [0.15, 0.2) is 0 Å². The molecule has 0 aliphatic carbocycles. The van der Waals surface area contributed by atoms with Gasteiger partial charge < -0.3 is 14.5 Å². The molecule has 0 radical (unpaired) electrons. The average molecular weight is 244 g/mol. The molecule has 1 N–H and O–H groups in total. The summed E-state index contributed by atoms with van der Waals surface area (Å²) in [5.41, 5.74) is 2.11. The van der Waals surface area contributed by atoms with Crippen molar-refractivity contribution in [1.29, 1.82) is 0 Å². The zero-order valence-electron chi connectivity index (χ0n) is 10.5. The van der Waals surface area contributed by atoms with Gasteiger partial charge in [0, 0.05) is 6.07 Å². The number of nitrogens with zero attached hydrogens (tertiary/aromatic N) is 1. The monoisotopic (exact) mass is 244 g/mol. The first kappa shape index (κ1) is 12.2. The first-order valence-corrected chi connectivity index (χ1v) is 5.69. The van der Waals surface area contributed by atoms with Gasteiger partial charge in [-0.05, 0) is 24.1 Å². The van der Waals surface area contributed by atoms with Gasteiger partial charge in [-0.2, -0.15) is 0 Å². The highest BCUT2D eigenvalue weighted by Gasteiger charge is 2.03. The van der Waals surface area contributed by atoms with Gasteiger partial charge in [-0.25, -0.2) is 4.98 Å². The Morgan fingerprint density at radius 2 is 2.17 bits per heavy atom. The number of hydrogen-bond acceptors (Lipinski definition) is 3. The van der Waals surface area contributed by atoms with Crippen LogP contribution in [0.1, 0.15) is 11.3 Å². The van der Waals surface area contributed by atoms with Crippen LogP contribution in [0.25, 0.3) is 6.08 Å². The van der Waals surface area contributed by atoms with Crippen LogP contribution in [0.5, 0.6) is 11.5 Å². The Kier molecular flexibility index (Phi) is 4.02. The normalized spacial score (nSPS) is 10.8. The molecule has 0 amide bonds. The molecule has 2 rings (SSSR count). The molecule has 0 unspecified atom stereocenters. The Morgan fingerprint density at radius 3 is 2.83 bits per heavy atom. The molecule has 94 valence electrons. The number of allylic oxidation sites excluding steroid dienone is 1. The summed E-state index contributed by atoms with van der Waals surface area (Å²) in [6.07, 6.45) is 8.30. The summed E-state index contributed by atoms with van der Waals surface area (Å²) in [5, 5.41) is 0. The van der Waals surface area contributed by atoms with Gasteiger partial charge in [-0.15, -0.1) is 0 Å². The molecule has 0 fully saturated rings. The second-order valence-electron chi connectivity index (χ2n) is 3.79. The molecule has 0 saturated heterocycles. The number of methoxy groups -OCH3 is 2.